The molecular weight excluding hydrogens is 323 g/mol. The van der Waals surface area contributed by atoms with Crippen molar-refractivity contribution in [1.29, 1.82) is 0 Å². The lowest BCUT2D eigenvalue weighted by Gasteiger charge is -2.30. The van der Waals surface area contributed by atoms with E-state index in [-0.39, 0.29) is 18.7 Å². The smallest absolute Gasteiger partial charge is 0.356 e. The summed E-state index contributed by atoms with van der Waals surface area (Å²) in [6.07, 6.45) is -2.06. The first-order valence-corrected chi connectivity index (χ1v) is 7.87. The van der Waals surface area contributed by atoms with Gasteiger partial charge in [-0.25, -0.2) is 0 Å². The van der Waals surface area contributed by atoms with Gasteiger partial charge in [-0.1, -0.05) is 29.3 Å². The maximum Gasteiger partial charge on any atom is 0.391 e. The number of hydrogen-bond acceptors (Lipinski definition) is 1. The molecule has 0 aromatic carbocycles. The predicted molar refractivity (Wildman–Crippen MR) is 72.1 cm³/mol. The SMILES string of the molecule is CC(CCBr)CNC(=O)C1CCCC(C(F)(F)F)C1. The summed E-state index contributed by atoms with van der Waals surface area (Å²) in [6, 6.07) is 0. The van der Waals surface area contributed by atoms with Crippen LogP contribution in [-0.4, -0.2) is 24.0 Å². The van der Waals surface area contributed by atoms with Gasteiger partial charge in [0.05, 0.1) is 5.92 Å². The Morgan fingerprint density at radius 1 is 1.42 bits per heavy atom. The van der Waals surface area contributed by atoms with Gasteiger partial charge in [0.2, 0.25) is 5.91 Å². The van der Waals surface area contributed by atoms with E-state index < -0.39 is 18.0 Å². The van der Waals surface area contributed by atoms with E-state index in [1.54, 1.807) is 0 Å². The topological polar surface area (TPSA) is 29.1 Å². The molecule has 0 radical (unpaired) electrons. The maximum absolute atomic E-state index is 12.7. The van der Waals surface area contributed by atoms with Gasteiger partial charge < -0.3 is 5.32 Å². The van der Waals surface area contributed by atoms with Crippen LogP contribution in [0.5, 0.6) is 0 Å². The molecule has 3 unspecified atom stereocenters. The summed E-state index contributed by atoms with van der Waals surface area (Å²) >= 11 is 3.33. The Labute approximate surface area is 120 Å². The number of amides is 1. The molecule has 1 rings (SSSR count). The van der Waals surface area contributed by atoms with Crippen LogP contribution in [0.25, 0.3) is 0 Å². The van der Waals surface area contributed by atoms with E-state index in [1.807, 2.05) is 6.92 Å². The van der Waals surface area contributed by atoms with Crippen molar-refractivity contribution in [3.05, 3.63) is 0 Å². The van der Waals surface area contributed by atoms with E-state index >= 15 is 0 Å². The zero-order valence-electron chi connectivity index (χ0n) is 11.1. The minimum atomic E-state index is -4.16. The highest BCUT2D eigenvalue weighted by atomic mass is 79.9. The molecule has 2 nitrogen and oxygen atoms in total. The lowest BCUT2D eigenvalue weighted by atomic mass is 9.80. The fraction of sp³-hybridized carbons (Fsp3) is 0.923. The molecule has 1 amide bonds. The normalized spacial score (nSPS) is 25.9. The molecule has 1 fully saturated rings. The molecule has 3 atom stereocenters. The van der Waals surface area contributed by atoms with Crippen molar-refractivity contribution in [2.45, 2.75) is 45.2 Å². The molecule has 112 valence electrons. The first-order chi connectivity index (χ1) is 8.84. The van der Waals surface area contributed by atoms with Gasteiger partial charge in [-0.2, -0.15) is 13.2 Å². The van der Waals surface area contributed by atoms with Gasteiger partial charge in [0.15, 0.2) is 0 Å². The summed E-state index contributed by atoms with van der Waals surface area (Å²) in [5, 5.41) is 3.65. The average Bonchev–Trinajstić information content (AvgIpc) is 2.35. The van der Waals surface area contributed by atoms with E-state index in [0.29, 0.717) is 25.3 Å². The molecular formula is C13H21BrF3NO. The van der Waals surface area contributed by atoms with Crippen molar-refractivity contribution >= 4 is 21.8 Å². The second kappa shape index (κ2) is 7.50. The fourth-order valence-corrected chi connectivity index (χ4v) is 3.21. The molecule has 1 aliphatic carbocycles. The monoisotopic (exact) mass is 343 g/mol. The summed E-state index contributed by atoms with van der Waals surface area (Å²) in [4.78, 5) is 11.9. The average molecular weight is 344 g/mol. The third-order valence-corrected chi connectivity index (χ3v) is 4.19. The van der Waals surface area contributed by atoms with Crippen LogP contribution in [0.4, 0.5) is 13.2 Å². The highest BCUT2D eigenvalue weighted by molar-refractivity contribution is 9.09. The molecule has 0 aliphatic heterocycles. The zero-order valence-corrected chi connectivity index (χ0v) is 12.7. The lowest BCUT2D eigenvalue weighted by molar-refractivity contribution is -0.186. The summed E-state index contributed by atoms with van der Waals surface area (Å²) in [5.74, 6) is -1.66. The molecule has 1 saturated carbocycles. The first kappa shape index (κ1) is 16.8. The van der Waals surface area contributed by atoms with Crippen molar-refractivity contribution in [3.8, 4) is 0 Å². The Balaban J connectivity index is 2.40. The number of carbonyl (C=O) groups excluding carboxylic acids is 1. The minimum Gasteiger partial charge on any atom is -0.356 e. The van der Waals surface area contributed by atoms with Crippen molar-refractivity contribution in [1.82, 2.24) is 5.32 Å². The summed E-state index contributed by atoms with van der Waals surface area (Å²) in [7, 11) is 0. The van der Waals surface area contributed by atoms with Crippen LogP contribution in [0.1, 0.15) is 39.0 Å². The van der Waals surface area contributed by atoms with Crippen LogP contribution in [-0.2, 0) is 4.79 Å². The number of halogens is 4. The van der Waals surface area contributed by atoms with Gasteiger partial charge in [0.1, 0.15) is 0 Å². The Hall–Kier alpha value is -0.260. The highest BCUT2D eigenvalue weighted by Crippen LogP contribution is 2.39. The summed E-state index contributed by atoms with van der Waals surface area (Å²) in [6.45, 7) is 2.55. The molecule has 0 spiro atoms. The molecule has 0 aromatic heterocycles. The Kier molecular flexibility index (Phi) is 6.63. The second-order valence-corrected chi connectivity index (χ2v) is 6.22. The van der Waals surface area contributed by atoms with Crippen LogP contribution in [0.15, 0.2) is 0 Å². The van der Waals surface area contributed by atoms with Gasteiger partial charge in [0, 0.05) is 17.8 Å². The number of alkyl halides is 4. The summed E-state index contributed by atoms with van der Waals surface area (Å²) in [5.41, 5.74) is 0. The molecule has 19 heavy (non-hydrogen) atoms. The summed E-state index contributed by atoms with van der Waals surface area (Å²) < 4.78 is 38.0. The Bertz CT molecular complexity index is 296. The standard InChI is InChI=1S/C13H21BrF3NO/c1-9(5-6-14)8-18-12(19)10-3-2-4-11(7-10)13(15,16)17/h9-11H,2-8H2,1H3,(H,18,19). The largest absolute Gasteiger partial charge is 0.391 e. The van der Waals surface area contributed by atoms with Crippen LogP contribution in [0, 0.1) is 17.8 Å². The number of carbonyl (C=O) groups is 1. The van der Waals surface area contributed by atoms with E-state index in [9.17, 15) is 18.0 Å². The number of rotatable bonds is 5. The third kappa shape index (κ3) is 5.71. The first-order valence-electron chi connectivity index (χ1n) is 6.75. The Morgan fingerprint density at radius 3 is 2.68 bits per heavy atom. The van der Waals surface area contributed by atoms with Gasteiger partial charge in [-0.05, 0) is 31.6 Å². The molecule has 6 heteroatoms. The minimum absolute atomic E-state index is 0.0534. The molecule has 1 N–H and O–H groups in total. The number of nitrogens with one attached hydrogen (secondary N) is 1. The maximum atomic E-state index is 12.7. The van der Waals surface area contributed by atoms with Crippen LogP contribution in [0.2, 0.25) is 0 Å². The molecule has 1 aliphatic rings. The predicted octanol–water partition coefficient (Wildman–Crippen LogP) is 3.89. The van der Waals surface area contributed by atoms with Gasteiger partial charge in [0.25, 0.3) is 0 Å². The highest BCUT2D eigenvalue weighted by Gasteiger charge is 2.43. The van der Waals surface area contributed by atoms with Crippen molar-refractivity contribution in [2.75, 3.05) is 11.9 Å². The Morgan fingerprint density at radius 2 is 2.11 bits per heavy atom. The molecule has 0 heterocycles. The van der Waals surface area contributed by atoms with Crippen LogP contribution >= 0.6 is 15.9 Å². The molecule has 0 saturated heterocycles. The van der Waals surface area contributed by atoms with E-state index in [1.165, 1.54) is 0 Å². The third-order valence-electron chi connectivity index (χ3n) is 3.73. The van der Waals surface area contributed by atoms with Gasteiger partial charge in [-0.3, -0.25) is 4.79 Å². The van der Waals surface area contributed by atoms with E-state index in [0.717, 1.165) is 11.8 Å². The molecule has 0 aromatic rings. The second-order valence-electron chi connectivity index (χ2n) is 5.43. The van der Waals surface area contributed by atoms with Crippen molar-refractivity contribution in [2.24, 2.45) is 17.8 Å². The fourth-order valence-electron chi connectivity index (χ4n) is 2.43. The van der Waals surface area contributed by atoms with Crippen molar-refractivity contribution < 1.29 is 18.0 Å². The quantitative estimate of drug-likeness (QED) is 0.754. The van der Waals surface area contributed by atoms with Crippen molar-refractivity contribution in [3.63, 3.8) is 0 Å². The zero-order chi connectivity index (χ0) is 14.5. The van der Waals surface area contributed by atoms with E-state index in [2.05, 4.69) is 21.2 Å². The molecule has 0 bridgehead atoms. The lowest BCUT2D eigenvalue weighted by Crippen LogP contribution is -2.38. The van der Waals surface area contributed by atoms with Crippen LogP contribution < -0.4 is 5.32 Å². The van der Waals surface area contributed by atoms with E-state index in [4.69, 9.17) is 0 Å². The van der Waals surface area contributed by atoms with Crippen LogP contribution in [0.3, 0.4) is 0 Å². The number of hydrogen-bond donors (Lipinski definition) is 1. The van der Waals surface area contributed by atoms with Gasteiger partial charge in [-0.15, -0.1) is 0 Å². The van der Waals surface area contributed by atoms with Gasteiger partial charge >= 0.3 is 6.18 Å².